The normalized spacial score (nSPS) is 15.2. The number of nitrogens with one attached hydrogen (secondary N) is 1. The van der Waals surface area contributed by atoms with Crippen LogP contribution in [0.4, 0.5) is 5.69 Å². The van der Waals surface area contributed by atoms with Gasteiger partial charge in [-0.3, -0.25) is 9.59 Å². The molecule has 6 nitrogen and oxygen atoms in total. The summed E-state index contributed by atoms with van der Waals surface area (Å²) in [6, 6.07) is 7.11. The number of ketones is 1. The zero-order valence-electron chi connectivity index (χ0n) is 16.6. The first kappa shape index (κ1) is 20.8. The summed E-state index contributed by atoms with van der Waals surface area (Å²) >= 11 is 0. The van der Waals surface area contributed by atoms with Crippen LogP contribution in [0.15, 0.2) is 33.5 Å². The molecule has 0 saturated carbocycles. The van der Waals surface area contributed by atoms with Gasteiger partial charge in [-0.2, -0.15) is 0 Å². The number of fused-ring (bicyclic) bond motifs is 1. The molecule has 2 aromatic rings. The van der Waals surface area contributed by atoms with Gasteiger partial charge >= 0.3 is 5.63 Å². The number of anilines is 1. The second kappa shape index (κ2) is 9.07. The standard InChI is InChI=1S/C23H26NO5/c1-3-16(14-9-8-10-15(13-14)24-19(26)4-2)20-22(27)21-17(25)11-6-5-7-12-18(21)29-23(20)28/h8-10,13,16,27H,2-7,11-12H2,1H3,(H,24,26). The van der Waals surface area contributed by atoms with Gasteiger partial charge in [0.1, 0.15) is 11.5 Å². The maximum absolute atomic E-state index is 12.8. The molecule has 1 radical (unpaired) electrons. The number of hydrogen-bond acceptors (Lipinski definition) is 5. The summed E-state index contributed by atoms with van der Waals surface area (Å²) < 4.78 is 5.52. The first-order chi connectivity index (χ1) is 14.0. The highest BCUT2D eigenvalue weighted by molar-refractivity contribution is 6.00. The fraction of sp³-hybridized carbons (Fsp3) is 0.391. The van der Waals surface area contributed by atoms with Crippen LogP contribution in [-0.2, 0) is 11.2 Å². The maximum Gasteiger partial charge on any atom is 0.343 e. The lowest BCUT2D eigenvalue weighted by Gasteiger charge is -2.20. The minimum Gasteiger partial charge on any atom is -0.506 e. The molecule has 1 unspecified atom stereocenters. The van der Waals surface area contributed by atoms with Gasteiger partial charge in [-0.1, -0.05) is 25.5 Å². The van der Waals surface area contributed by atoms with E-state index in [0.29, 0.717) is 24.9 Å². The van der Waals surface area contributed by atoms with Crippen molar-refractivity contribution in [1.82, 2.24) is 0 Å². The van der Waals surface area contributed by atoms with Gasteiger partial charge in [0.2, 0.25) is 5.91 Å². The van der Waals surface area contributed by atoms with Crippen molar-refractivity contribution in [3.8, 4) is 5.75 Å². The monoisotopic (exact) mass is 396 g/mol. The topological polar surface area (TPSA) is 96.6 Å². The van der Waals surface area contributed by atoms with Crippen molar-refractivity contribution >= 4 is 17.4 Å². The lowest BCUT2D eigenvalue weighted by atomic mass is 9.86. The van der Waals surface area contributed by atoms with Crippen LogP contribution in [0.1, 0.15) is 78.6 Å². The molecule has 3 rings (SSSR count). The number of rotatable bonds is 5. The third kappa shape index (κ3) is 4.42. The third-order valence-corrected chi connectivity index (χ3v) is 5.35. The summed E-state index contributed by atoms with van der Waals surface area (Å²) in [7, 11) is 0. The Balaban J connectivity index is 2.09. The molecule has 1 aliphatic rings. The highest BCUT2D eigenvalue weighted by atomic mass is 16.4. The van der Waals surface area contributed by atoms with Gasteiger partial charge in [0.25, 0.3) is 0 Å². The molecule has 2 N–H and O–H groups in total. The number of aromatic hydroxyl groups is 1. The zero-order chi connectivity index (χ0) is 21.0. The van der Waals surface area contributed by atoms with Gasteiger partial charge in [-0.15, -0.1) is 0 Å². The Kier molecular flexibility index (Phi) is 6.52. The Bertz CT molecular complexity index is 976. The van der Waals surface area contributed by atoms with Gasteiger partial charge in [0.15, 0.2) is 5.78 Å². The van der Waals surface area contributed by atoms with E-state index >= 15 is 0 Å². The summed E-state index contributed by atoms with van der Waals surface area (Å²) in [6.07, 6.45) is 3.88. The van der Waals surface area contributed by atoms with Crippen LogP contribution in [-0.4, -0.2) is 16.8 Å². The lowest BCUT2D eigenvalue weighted by Crippen LogP contribution is -2.19. The van der Waals surface area contributed by atoms with Gasteiger partial charge < -0.3 is 14.8 Å². The van der Waals surface area contributed by atoms with Crippen LogP contribution in [0.25, 0.3) is 0 Å². The molecule has 1 atom stereocenters. The number of carbonyl (C=O) groups is 2. The molecule has 0 spiro atoms. The minimum atomic E-state index is -0.617. The fourth-order valence-electron chi connectivity index (χ4n) is 3.89. The van der Waals surface area contributed by atoms with Crippen LogP contribution in [0.5, 0.6) is 5.75 Å². The molecular formula is C23H26NO5. The molecule has 1 aromatic carbocycles. The van der Waals surface area contributed by atoms with Crippen LogP contribution in [0, 0.1) is 6.92 Å². The lowest BCUT2D eigenvalue weighted by molar-refractivity contribution is -0.115. The molecule has 153 valence electrons. The van der Waals surface area contributed by atoms with E-state index in [4.69, 9.17) is 4.42 Å². The number of carbonyl (C=O) groups excluding carboxylic acids is 2. The summed E-state index contributed by atoms with van der Waals surface area (Å²) in [5.41, 5.74) is 0.963. The van der Waals surface area contributed by atoms with E-state index < -0.39 is 11.5 Å². The summed E-state index contributed by atoms with van der Waals surface area (Å²) in [5.74, 6) is -0.849. The Morgan fingerprint density at radius 1 is 1.24 bits per heavy atom. The minimum absolute atomic E-state index is 0.0980. The van der Waals surface area contributed by atoms with Crippen molar-refractivity contribution in [1.29, 1.82) is 0 Å². The molecule has 1 aromatic heterocycles. The molecule has 29 heavy (non-hydrogen) atoms. The predicted molar refractivity (Wildman–Crippen MR) is 110 cm³/mol. The van der Waals surface area contributed by atoms with Crippen LogP contribution in [0.2, 0.25) is 0 Å². The molecular weight excluding hydrogens is 370 g/mol. The van der Waals surface area contributed by atoms with Crippen molar-refractivity contribution in [2.75, 3.05) is 5.32 Å². The second-order valence-corrected chi connectivity index (χ2v) is 7.32. The first-order valence-electron chi connectivity index (χ1n) is 10.1. The van der Waals surface area contributed by atoms with E-state index in [1.165, 1.54) is 0 Å². The Morgan fingerprint density at radius 2 is 2.00 bits per heavy atom. The van der Waals surface area contributed by atoms with Crippen LogP contribution in [0.3, 0.4) is 0 Å². The molecule has 6 heteroatoms. The van der Waals surface area contributed by atoms with E-state index in [1.807, 2.05) is 13.0 Å². The van der Waals surface area contributed by atoms with Crippen LogP contribution >= 0.6 is 0 Å². The molecule has 0 saturated heterocycles. The Hall–Kier alpha value is -2.89. The first-order valence-corrected chi connectivity index (χ1v) is 10.1. The van der Waals surface area contributed by atoms with Crippen molar-refractivity contribution in [3.05, 3.63) is 64.1 Å². The van der Waals surface area contributed by atoms with E-state index in [9.17, 15) is 19.5 Å². The van der Waals surface area contributed by atoms with E-state index in [2.05, 4.69) is 12.2 Å². The third-order valence-electron chi connectivity index (χ3n) is 5.35. The van der Waals surface area contributed by atoms with E-state index in [0.717, 1.165) is 24.8 Å². The molecule has 1 aliphatic carbocycles. The van der Waals surface area contributed by atoms with Gasteiger partial charge in [-0.05, 0) is 43.9 Å². The largest absolute Gasteiger partial charge is 0.506 e. The number of benzene rings is 1. The molecule has 1 amide bonds. The molecule has 0 fully saturated rings. The molecule has 1 heterocycles. The Morgan fingerprint density at radius 3 is 2.72 bits per heavy atom. The quantitative estimate of drug-likeness (QED) is 0.783. The van der Waals surface area contributed by atoms with E-state index in [1.54, 1.807) is 18.2 Å². The van der Waals surface area contributed by atoms with Gasteiger partial charge in [0.05, 0.1) is 11.1 Å². The zero-order valence-corrected chi connectivity index (χ0v) is 16.6. The molecule has 0 bridgehead atoms. The van der Waals surface area contributed by atoms with Crippen molar-refractivity contribution in [2.45, 2.75) is 57.8 Å². The number of Topliss-reactive ketones (excluding diaryl/α,β-unsaturated/α-hetero) is 1. The van der Waals surface area contributed by atoms with E-state index in [-0.39, 0.29) is 40.7 Å². The highest BCUT2D eigenvalue weighted by Gasteiger charge is 2.29. The number of hydrogen-bond donors (Lipinski definition) is 2. The maximum atomic E-state index is 12.8. The van der Waals surface area contributed by atoms with Crippen molar-refractivity contribution in [3.63, 3.8) is 0 Å². The van der Waals surface area contributed by atoms with Crippen LogP contribution < -0.4 is 10.9 Å². The van der Waals surface area contributed by atoms with Crippen molar-refractivity contribution in [2.24, 2.45) is 0 Å². The predicted octanol–water partition coefficient (Wildman–Crippen LogP) is 4.35. The molecule has 0 aliphatic heterocycles. The Labute approximate surface area is 169 Å². The summed E-state index contributed by atoms with van der Waals surface area (Å²) in [4.78, 5) is 37.1. The number of aryl methyl sites for hydroxylation is 1. The fourth-order valence-corrected chi connectivity index (χ4v) is 3.89. The van der Waals surface area contributed by atoms with Crippen molar-refractivity contribution < 1.29 is 19.1 Å². The summed E-state index contributed by atoms with van der Waals surface area (Å²) in [5, 5.41) is 13.7. The summed E-state index contributed by atoms with van der Waals surface area (Å²) in [6.45, 7) is 5.45. The number of amides is 1. The second-order valence-electron chi connectivity index (χ2n) is 7.32. The van der Waals surface area contributed by atoms with Gasteiger partial charge in [-0.25, -0.2) is 4.79 Å². The SMILES string of the molecule is [CH2]CC(=O)Nc1cccc(C(CC)c2c(O)c3c(oc2=O)CCCCCC3=O)c1. The average Bonchev–Trinajstić information content (AvgIpc) is 2.69. The smallest absolute Gasteiger partial charge is 0.343 e. The highest BCUT2D eigenvalue weighted by Crippen LogP contribution is 2.37. The van der Waals surface area contributed by atoms with Gasteiger partial charge in [0, 0.05) is 30.9 Å². The average molecular weight is 396 g/mol.